The van der Waals surface area contributed by atoms with Crippen molar-refractivity contribution in [2.24, 2.45) is 0 Å². The topological polar surface area (TPSA) is 50.4 Å². The van der Waals surface area contributed by atoms with Gasteiger partial charge in [0.1, 0.15) is 5.54 Å². The van der Waals surface area contributed by atoms with E-state index in [4.69, 9.17) is 4.74 Å². The Kier molecular flexibility index (Phi) is 4.00. The highest BCUT2D eigenvalue weighted by atomic mass is 16.5. The first-order valence-electron chi connectivity index (χ1n) is 5.44. The molecule has 1 saturated carbocycles. The average molecular weight is 212 g/mol. The summed E-state index contributed by atoms with van der Waals surface area (Å²) in [7, 11) is 1.85. The molecule has 0 spiro atoms. The van der Waals surface area contributed by atoms with E-state index in [0.29, 0.717) is 6.61 Å². The van der Waals surface area contributed by atoms with Crippen LogP contribution < -0.4 is 10.6 Å². The van der Waals surface area contributed by atoms with Gasteiger partial charge >= 0.3 is 5.97 Å². The Morgan fingerprint density at radius 3 is 2.60 bits per heavy atom. The number of carbonyl (C=O) groups is 1. The van der Waals surface area contributed by atoms with Crippen molar-refractivity contribution in [1.82, 2.24) is 10.6 Å². The standard InChI is InChI=1S/C11H20N2O2/c1-4-15-10(14)11(6-5-7-11)13-8-9(2)12-3/h8,12-13H,4-7H2,1-3H3/b9-8-. The maximum atomic E-state index is 11.7. The van der Waals surface area contributed by atoms with Gasteiger partial charge in [-0.25, -0.2) is 4.79 Å². The van der Waals surface area contributed by atoms with Crippen LogP contribution in [0.1, 0.15) is 33.1 Å². The molecule has 0 amide bonds. The van der Waals surface area contributed by atoms with E-state index < -0.39 is 5.54 Å². The van der Waals surface area contributed by atoms with Gasteiger partial charge in [-0.1, -0.05) is 0 Å². The summed E-state index contributed by atoms with van der Waals surface area (Å²) in [5.41, 5.74) is 0.541. The lowest BCUT2D eigenvalue weighted by atomic mass is 9.77. The molecule has 0 aromatic rings. The van der Waals surface area contributed by atoms with Gasteiger partial charge in [0.2, 0.25) is 0 Å². The van der Waals surface area contributed by atoms with Crippen LogP contribution in [-0.4, -0.2) is 25.2 Å². The van der Waals surface area contributed by atoms with E-state index in [1.807, 2.05) is 27.1 Å². The quantitative estimate of drug-likeness (QED) is 0.671. The molecule has 86 valence electrons. The molecule has 1 aliphatic rings. The summed E-state index contributed by atoms with van der Waals surface area (Å²) in [6, 6.07) is 0. The second-order valence-corrected chi connectivity index (χ2v) is 3.88. The maximum Gasteiger partial charge on any atom is 0.331 e. The number of nitrogens with one attached hydrogen (secondary N) is 2. The van der Waals surface area contributed by atoms with E-state index in [2.05, 4.69) is 10.6 Å². The van der Waals surface area contributed by atoms with Gasteiger partial charge in [-0.3, -0.25) is 0 Å². The predicted octanol–water partition coefficient (Wildman–Crippen LogP) is 1.14. The highest BCUT2D eigenvalue weighted by molar-refractivity contribution is 5.82. The molecule has 2 N–H and O–H groups in total. The van der Waals surface area contributed by atoms with Crippen molar-refractivity contribution in [3.8, 4) is 0 Å². The Labute approximate surface area is 91.1 Å². The minimum atomic E-state index is -0.464. The number of ether oxygens (including phenoxy) is 1. The lowest BCUT2D eigenvalue weighted by Crippen LogP contribution is -2.56. The fourth-order valence-corrected chi connectivity index (χ4v) is 1.53. The van der Waals surface area contributed by atoms with Crippen LogP contribution in [0.5, 0.6) is 0 Å². The van der Waals surface area contributed by atoms with Gasteiger partial charge < -0.3 is 15.4 Å². The Morgan fingerprint density at radius 2 is 2.20 bits per heavy atom. The van der Waals surface area contributed by atoms with Crippen LogP contribution in [-0.2, 0) is 9.53 Å². The molecule has 4 nitrogen and oxygen atoms in total. The third-order valence-electron chi connectivity index (χ3n) is 2.83. The molecule has 1 aliphatic carbocycles. The van der Waals surface area contributed by atoms with Gasteiger partial charge in [0, 0.05) is 18.9 Å². The molecule has 1 rings (SSSR count). The van der Waals surface area contributed by atoms with Crippen LogP contribution in [0.3, 0.4) is 0 Å². The first kappa shape index (κ1) is 11.9. The van der Waals surface area contributed by atoms with E-state index in [1.165, 1.54) is 0 Å². The Balaban J connectivity index is 2.57. The molecule has 4 heteroatoms. The third kappa shape index (κ3) is 2.64. The van der Waals surface area contributed by atoms with Crippen LogP contribution in [0.25, 0.3) is 0 Å². The highest BCUT2D eigenvalue weighted by Crippen LogP contribution is 2.33. The zero-order valence-electron chi connectivity index (χ0n) is 9.72. The molecule has 0 heterocycles. The van der Waals surface area contributed by atoms with Crippen molar-refractivity contribution in [2.45, 2.75) is 38.6 Å². The molecule has 1 fully saturated rings. The number of rotatable bonds is 5. The Morgan fingerprint density at radius 1 is 1.53 bits per heavy atom. The third-order valence-corrected chi connectivity index (χ3v) is 2.83. The second-order valence-electron chi connectivity index (χ2n) is 3.88. The summed E-state index contributed by atoms with van der Waals surface area (Å²) in [6.07, 6.45) is 4.65. The summed E-state index contributed by atoms with van der Waals surface area (Å²) in [4.78, 5) is 11.7. The lowest BCUT2D eigenvalue weighted by Gasteiger charge is -2.39. The van der Waals surface area contributed by atoms with Gasteiger partial charge in [0.05, 0.1) is 6.61 Å². The zero-order valence-corrected chi connectivity index (χ0v) is 9.72. The van der Waals surface area contributed by atoms with Crippen molar-refractivity contribution in [2.75, 3.05) is 13.7 Å². The fourth-order valence-electron chi connectivity index (χ4n) is 1.53. The zero-order chi connectivity index (χ0) is 11.3. The van der Waals surface area contributed by atoms with E-state index in [9.17, 15) is 4.79 Å². The summed E-state index contributed by atoms with van der Waals surface area (Å²) < 4.78 is 5.06. The SMILES string of the molecule is CCOC(=O)C1(N/C=C(/C)NC)CCC1. The van der Waals surface area contributed by atoms with Crippen LogP contribution in [0.4, 0.5) is 0 Å². The molecular weight excluding hydrogens is 192 g/mol. The maximum absolute atomic E-state index is 11.7. The molecule has 0 saturated heterocycles. The summed E-state index contributed by atoms with van der Waals surface area (Å²) >= 11 is 0. The predicted molar refractivity (Wildman–Crippen MR) is 59.2 cm³/mol. The minimum Gasteiger partial charge on any atom is -0.464 e. The van der Waals surface area contributed by atoms with Crippen LogP contribution >= 0.6 is 0 Å². The van der Waals surface area contributed by atoms with Gasteiger partial charge in [-0.15, -0.1) is 0 Å². The average Bonchev–Trinajstić information content (AvgIpc) is 2.16. The van der Waals surface area contributed by atoms with Crippen molar-refractivity contribution in [1.29, 1.82) is 0 Å². The Bertz CT molecular complexity index is 257. The summed E-state index contributed by atoms with van der Waals surface area (Å²) in [5.74, 6) is -0.128. The van der Waals surface area contributed by atoms with E-state index >= 15 is 0 Å². The molecule has 0 aromatic carbocycles. The monoisotopic (exact) mass is 212 g/mol. The fraction of sp³-hybridized carbons (Fsp3) is 0.727. The molecular formula is C11H20N2O2. The smallest absolute Gasteiger partial charge is 0.331 e. The van der Waals surface area contributed by atoms with Crippen molar-refractivity contribution in [3.05, 3.63) is 11.9 Å². The number of carbonyl (C=O) groups excluding carboxylic acids is 1. The van der Waals surface area contributed by atoms with E-state index in [-0.39, 0.29) is 5.97 Å². The number of hydrogen-bond donors (Lipinski definition) is 2. The molecule has 0 aliphatic heterocycles. The highest BCUT2D eigenvalue weighted by Gasteiger charge is 2.44. The van der Waals surface area contributed by atoms with Crippen molar-refractivity contribution >= 4 is 5.97 Å². The molecule has 15 heavy (non-hydrogen) atoms. The normalized spacial score (nSPS) is 19.0. The van der Waals surface area contributed by atoms with Gasteiger partial charge in [-0.05, 0) is 33.1 Å². The molecule has 0 atom stereocenters. The largest absolute Gasteiger partial charge is 0.464 e. The first-order valence-corrected chi connectivity index (χ1v) is 5.44. The Hall–Kier alpha value is -1.19. The second kappa shape index (κ2) is 5.05. The molecule has 0 radical (unpaired) electrons. The molecule has 0 unspecified atom stereocenters. The van der Waals surface area contributed by atoms with E-state index in [1.54, 1.807) is 0 Å². The number of esters is 1. The first-order chi connectivity index (χ1) is 7.14. The lowest BCUT2D eigenvalue weighted by molar-refractivity contribution is -0.154. The van der Waals surface area contributed by atoms with Crippen molar-refractivity contribution in [3.63, 3.8) is 0 Å². The summed E-state index contributed by atoms with van der Waals surface area (Å²) in [6.45, 7) is 4.22. The van der Waals surface area contributed by atoms with Crippen LogP contribution in [0.2, 0.25) is 0 Å². The van der Waals surface area contributed by atoms with Crippen LogP contribution in [0.15, 0.2) is 11.9 Å². The van der Waals surface area contributed by atoms with Crippen molar-refractivity contribution < 1.29 is 9.53 Å². The van der Waals surface area contributed by atoms with Gasteiger partial charge in [-0.2, -0.15) is 0 Å². The summed E-state index contributed by atoms with van der Waals surface area (Å²) in [5, 5.41) is 6.17. The van der Waals surface area contributed by atoms with Gasteiger partial charge in [0.25, 0.3) is 0 Å². The molecule has 0 bridgehead atoms. The van der Waals surface area contributed by atoms with E-state index in [0.717, 1.165) is 25.0 Å². The number of allylic oxidation sites excluding steroid dienone is 1. The van der Waals surface area contributed by atoms with Gasteiger partial charge in [0.15, 0.2) is 0 Å². The molecule has 0 aromatic heterocycles. The van der Waals surface area contributed by atoms with Crippen LogP contribution in [0, 0.1) is 0 Å². The minimum absolute atomic E-state index is 0.128. The number of hydrogen-bond acceptors (Lipinski definition) is 4.